The number of para-hydroxylation sites is 1. The first kappa shape index (κ1) is 42.9. The number of aromatic nitrogens is 1. The van der Waals surface area contributed by atoms with Crippen molar-refractivity contribution in [1.82, 2.24) is 14.8 Å². The number of aliphatic hydroxyl groups is 1. The maximum Gasteiger partial charge on any atom is 0.341 e. The summed E-state index contributed by atoms with van der Waals surface area (Å²) in [6.45, 7) is 15.4. The van der Waals surface area contributed by atoms with Crippen molar-refractivity contribution in [3.05, 3.63) is 70.9 Å². The van der Waals surface area contributed by atoms with E-state index in [9.17, 15) is 14.7 Å². The molecule has 11 atom stereocenters. The van der Waals surface area contributed by atoms with Crippen LogP contribution < -0.4 is 9.64 Å². The summed E-state index contributed by atoms with van der Waals surface area (Å²) in [4.78, 5) is 55.4. The lowest BCUT2D eigenvalue weighted by Gasteiger charge is -2.63. The molecule has 2 bridgehead atoms. The average molecular weight is 851 g/mol. The number of aromatic amines is 1. The fraction of sp³-hybridized carbons (Fsp3) is 0.620. The van der Waals surface area contributed by atoms with E-state index in [0.29, 0.717) is 55.5 Å². The number of hydrogen-bond acceptors (Lipinski definition) is 11. The van der Waals surface area contributed by atoms with Gasteiger partial charge < -0.3 is 38.8 Å². The Morgan fingerprint density at radius 2 is 1.68 bits per heavy atom. The molecule has 1 spiro atoms. The van der Waals surface area contributed by atoms with Crippen molar-refractivity contribution >= 4 is 34.5 Å². The van der Waals surface area contributed by atoms with E-state index in [-0.39, 0.29) is 23.3 Å². The fourth-order valence-electron chi connectivity index (χ4n) is 15.1. The first-order valence-electron chi connectivity index (χ1n) is 22.8. The van der Waals surface area contributed by atoms with Crippen LogP contribution in [0.25, 0.3) is 10.9 Å². The maximum absolute atomic E-state index is 15.7. The second-order valence-corrected chi connectivity index (χ2v) is 20.4. The highest BCUT2D eigenvalue weighted by Gasteiger charge is 2.81. The van der Waals surface area contributed by atoms with E-state index in [1.807, 2.05) is 31.0 Å². The number of nitrogens with zero attached hydrogens (tertiary/aromatic N) is 3. The van der Waals surface area contributed by atoms with Gasteiger partial charge in [0.2, 0.25) is 0 Å². The predicted octanol–water partition coefficient (Wildman–Crippen LogP) is 6.01. The third kappa shape index (κ3) is 5.44. The Labute approximate surface area is 366 Å². The minimum Gasteiger partial charge on any atom is -0.496 e. The van der Waals surface area contributed by atoms with Gasteiger partial charge in [-0.05, 0) is 78.7 Å². The van der Waals surface area contributed by atoms with Crippen LogP contribution in [-0.4, -0.2) is 124 Å². The van der Waals surface area contributed by atoms with Gasteiger partial charge in [0.05, 0.1) is 34.5 Å². The number of esters is 3. The number of hydrogen-bond donors (Lipinski definition) is 2. The fourth-order valence-corrected chi connectivity index (χ4v) is 15.1. The Morgan fingerprint density at radius 3 is 2.34 bits per heavy atom. The normalized spacial score (nSPS) is 36.0. The lowest BCUT2D eigenvalue weighted by Crippen LogP contribution is -2.80. The zero-order chi connectivity index (χ0) is 44.3. The summed E-state index contributed by atoms with van der Waals surface area (Å²) in [5, 5.41) is 14.5. The van der Waals surface area contributed by atoms with Gasteiger partial charge in [0.25, 0.3) is 0 Å². The first-order valence-corrected chi connectivity index (χ1v) is 22.8. The van der Waals surface area contributed by atoms with E-state index in [1.165, 1.54) is 21.3 Å². The predicted molar refractivity (Wildman–Crippen MR) is 237 cm³/mol. The summed E-state index contributed by atoms with van der Waals surface area (Å²) in [5.74, 6) is -1.81. The van der Waals surface area contributed by atoms with Crippen LogP contribution in [0, 0.1) is 34.5 Å². The van der Waals surface area contributed by atoms with Gasteiger partial charge in [-0.15, -0.1) is 0 Å². The number of carbonyl (C=O) groups is 3. The molecule has 5 aliphatic heterocycles. The molecule has 1 saturated carbocycles. The highest BCUT2D eigenvalue weighted by atomic mass is 16.5. The zero-order valence-electron chi connectivity index (χ0n) is 38.3. The van der Waals surface area contributed by atoms with Crippen LogP contribution in [0.15, 0.2) is 48.6 Å². The molecule has 9 rings (SSSR count). The van der Waals surface area contributed by atoms with Gasteiger partial charge in [-0.3, -0.25) is 14.5 Å². The van der Waals surface area contributed by atoms with E-state index in [1.54, 1.807) is 7.11 Å². The molecule has 2 aromatic carbocycles. The van der Waals surface area contributed by atoms with Crippen molar-refractivity contribution in [2.45, 2.75) is 95.2 Å². The summed E-state index contributed by atoms with van der Waals surface area (Å²) < 4.78 is 23.6. The third-order valence-corrected chi connectivity index (χ3v) is 17.0. The molecule has 1 aliphatic carbocycles. The molecular weight excluding hydrogens is 785 g/mol. The van der Waals surface area contributed by atoms with Crippen LogP contribution >= 0.6 is 0 Å². The lowest BCUT2D eigenvalue weighted by atomic mass is 9.44. The summed E-state index contributed by atoms with van der Waals surface area (Å²) in [7, 11) is 7.61. The summed E-state index contributed by atoms with van der Waals surface area (Å²) in [6, 6.07) is 11.3. The Kier molecular flexibility index (Phi) is 10.3. The molecule has 12 heteroatoms. The molecule has 6 heterocycles. The molecule has 3 aromatic rings. The van der Waals surface area contributed by atoms with Crippen molar-refractivity contribution in [3.63, 3.8) is 0 Å². The zero-order valence-corrected chi connectivity index (χ0v) is 38.3. The van der Waals surface area contributed by atoms with Gasteiger partial charge >= 0.3 is 17.9 Å². The molecule has 3 fully saturated rings. The van der Waals surface area contributed by atoms with E-state index in [0.717, 1.165) is 65.9 Å². The molecule has 2 N–H and O–H groups in total. The molecule has 334 valence electrons. The molecule has 2 saturated heterocycles. The Hall–Kier alpha value is -4.39. The molecule has 12 nitrogen and oxygen atoms in total. The Balaban J connectivity index is 1.38. The van der Waals surface area contributed by atoms with Crippen LogP contribution in [0.3, 0.4) is 0 Å². The van der Waals surface area contributed by atoms with Gasteiger partial charge in [0.15, 0.2) is 5.60 Å². The Bertz CT molecular complexity index is 2330. The van der Waals surface area contributed by atoms with E-state index in [4.69, 9.17) is 18.9 Å². The average Bonchev–Trinajstić information content (AvgIpc) is 3.93. The standard InChI is InChI=1S/C50H66N4O8/c1-11-29-27-53-22-18-32-31-16-13-14-17-35(31)51-40(32)49(44(56)61-9,26-30(28-53)38(29)46(3,4)5)34-24-33-36(25-37(34)59-7)52(6)43-48(33)20-23-54-21-15-19-47(12-2,42(48)54)39(41(55)60-8)50(43,58)45(57)62-10/h13-17,19,24-25,29-30,38-39,42-43,51,58H,11-12,18,20-23,26-28H2,1-10H3/t29-,30+,38-,39?,42?,43?,47?,48?,49+,50-/m1/s1. The molecule has 0 radical (unpaired) electrons. The van der Waals surface area contributed by atoms with Gasteiger partial charge in [0, 0.05) is 84.0 Å². The van der Waals surface area contributed by atoms with Crippen LogP contribution in [0.4, 0.5) is 5.69 Å². The van der Waals surface area contributed by atoms with Crippen molar-refractivity contribution in [2.24, 2.45) is 34.5 Å². The quantitative estimate of drug-likeness (QED) is 0.165. The number of nitrogens with one attached hydrogen (secondary N) is 1. The van der Waals surface area contributed by atoms with Gasteiger partial charge in [-0.25, -0.2) is 4.79 Å². The number of piperidine rings is 1. The monoisotopic (exact) mass is 850 g/mol. The van der Waals surface area contributed by atoms with Crippen LogP contribution in [0.5, 0.6) is 5.75 Å². The summed E-state index contributed by atoms with van der Waals surface area (Å²) in [5.41, 5.74) is -0.361. The number of rotatable bonds is 7. The highest BCUT2D eigenvalue weighted by Crippen LogP contribution is 2.69. The minimum absolute atomic E-state index is 0.0462. The number of anilines is 1. The molecular formula is C50H66N4O8. The highest BCUT2D eigenvalue weighted by molar-refractivity contribution is 5.96. The first-order chi connectivity index (χ1) is 29.6. The smallest absolute Gasteiger partial charge is 0.341 e. The minimum atomic E-state index is -2.32. The van der Waals surface area contributed by atoms with Crippen molar-refractivity contribution in [2.75, 3.05) is 73.1 Å². The van der Waals surface area contributed by atoms with Crippen molar-refractivity contribution in [1.29, 1.82) is 0 Å². The number of likely N-dealkylation sites (N-methyl/N-ethyl adjacent to an activating group) is 1. The largest absolute Gasteiger partial charge is 0.496 e. The van der Waals surface area contributed by atoms with Gasteiger partial charge in [-0.1, -0.05) is 71.4 Å². The molecule has 6 aliphatic rings. The second-order valence-electron chi connectivity index (χ2n) is 20.4. The van der Waals surface area contributed by atoms with E-state index >= 15 is 4.79 Å². The topological polar surface area (TPSA) is 134 Å². The van der Waals surface area contributed by atoms with E-state index in [2.05, 4.69) is 78.9 Å². The summed E-state index contributed by atoms with van der Waals surface area (Å²) in [6.07, 6.45) is 7.43. The van der Waals surface area contributed by atoms with Crippen molar-refractivity contribution in [3.8, 4) is 5.75 Å². The Morgan fingerprint density at radius 1 is 0.935 bits per heavy atom. The van der Waals surface area contributed by atoms with Crippen LogP contribution in [-0.2, 0) is 45.8 Å². The molecule has 62 heavy (non-hydrogen) atoms. The second kappa shape index (κ2) is 14.8. The van der Waals surface area contributed by atoms with Crippen LogP contribution in [0.1, 0.15) is 82.7 Å². The maximum atomic E-state index is 15.7. The van der Waals surface area contributed by atoms with Crippen molar-refractivity contribution < 1.29 is 38.4 Å². The number of fused-ring (bicyclic) bond motifs is 6. The number of H-pyrrole nitrogens is 1. The third-order valence-electron chi connectivity index (χ3n) is 17.0. The molecule has 0 amide bonds. The molecule has 1 aromatic heterocycles. The lowest BCUT2D eigenvalue weighted by molar-refractivity contribution is -0.209. The number of benzene rings is 2. The van der Waals surface area contributed by atoms with E-state index < -0.39 is 45.7 Å². The number of carbonyl (C=O) groups excluding carboxylic acids is 3. The summed E-state index contributed by atoms with van der Waals surface area (Å²) >= 11 is 0. The van der Waals surface area contributed by atoms with Crippen LogP contribution in [0.2, 0.25) is 0 Å². The van der Waals surface area contributed by atoms with Gasteiger partial charge in [0.1, 0.15) is 17.1 Å². The molecule has 6 unspecified atom stereocenters. The number of ether oxygens (including phenoxy) is 4. The SMILES string of the molecule is CC[C@@H]1CN2CCc3c([nH]c4ccccc34)[C@@](C(=O)OC)(c3cc4c(cc3OC)N(C)C3C45CCN4CC=CC(CC)(C45)C(C(=O)OC)[C@]3(O)C(=O)OC)C[C@@H](C2)[C@@H]1C(C)(C)C. The number of methoxy groups -OCH3 is 4. The van der Waals surface area contributed by atoms with Gasteiger partial charge in [-0.2, -0.15) is 0 Å².